The van der Waals surface area contributed by atoms with Gasteiger partial charge in [0, 0.05) is 29.8 Å². The van der Waals surface area contributed by atoms with Gasteiger partial charge in [-0.25, -0.2) is 9.78 Å². The summed E-state index contributed by atoms with van der Waals surface area (Å²) in [5.41, 5.74) is 2.06. The fourth-order valence-electron chi connectivity index (χ4n) is 2.73. The number of benzene rings is 1. The molecule has 0 aliphatic carbocycles. The van der Waals surface area contributed by atoms with Crippen molar-refractivity contribution in [3.05, 3.63) is 39.3 Å². The van der Waals surface area contributed by atoms with E-state index in [9.17, 15) is 4.79 Å². The number of anilines is 2. The highest BCUT2D eigenvalue weighted by atomic mass is 35.5. The number of hydrogen-bond acceptors (Lipinski definition) is 4. The summed E-state index contributed by atoms with van der Waals surface area (Å²) in [4.78, 5) is 18.2. The molecule has 1 aliphatic heterocycles. The zero-order chi connectivity index (χ0) is 17.1. The number of amides is 2. The molecule has 2 heterocycles. The third-order valence-electron chi connectivity index (χ3n) is 3.93. The molecule has 5 nitrogen and oxygen atoms in total. The molecule has 2 aromatic rings. The number of urea groups is 1. The number of nitrogens with zero attached hydrogens (tertiary/aromatic N) is 2. The number of halogens is 2. The maximum Gasteiger partial charge on any atom is 0.323 e. The van der Waals surface area contributed by atoms with Gasteiger partial charge in [0.25, 0.3) is 0 Å². The van der Waals surface area contributed by atoms with Gasteiger partial charge in [0.15, 0.2) is 5.13 Å². The molecule has 128 valence electrons. The number of aryl methyl sites for hydroxylation is 1. The monoisotopic (exact) mass is 384 g/mol. The molecule has 0 bridgehead atoms. The second-order valence-corrected chi connectivity index (χ2v) is 7.86. The minimum Gasteiger partial charge on any atom is -0.381 e. The first kappa shape index (κ1) is 17.3. The summed E-state index contributed by atoms with van der Waals surface area (Å²) in [7, 11) is 0. The molecule has 0 saturated carbocycles. The Bertz CT molecular complexity index is 737. The largest absolute Gasteiger partial charge is 0.381 e. The summed E-state index contributed by atoms with van der Waals surface area (Å²) in [6.45, 7) is 3.36. The summed E-state index contributed by atoms with van der Waals surface area (Å²) in [6, 6.07) is 5.95. The first-order valence-electron chi connectivity index (χ1n) is 7.71. The molecule has 3 rings (SSSR count). The lowest BCUT2D eigenvalue weighted by Gasteiger charge is -2.33. The van der Waals surface area contributed by atoms with E-state index >= 15 is 0 Å². The van der Waals surface area contributed by atoms with Crippen molar-refractivity contribution in [3.63, 3.8) is 0 Å². The molecule has 24 heavy (non-hydrogen) atoms. The van der Waals surface area contributed by atoms with Crippen LogP contribution < -0.4 is 10.6 Å². The van der Waals surface area contributed by atoms with Crippen LogP contribution >= 0.6 is 34.5 Å². The van der Waals surface area contributed by atoms with E-state index in [1.165, 1.54) is 17.5 Å². The Morgan fingerprint density at radius 1 is 1.42 bits per heavy atom. The second-order valence-electron chi connectivity index (χ2n) is 5.79. The Morgan fingerprint density at radius 3 is 2.96 bits per heavy atom. The summed E-state index contributed by atoms with van der Waals surface area (Å²) in [5.74, 6) is 0. The number of nitrogens with one attached hydrogen (secondary N) is 2. The van der Waals surface area contributed by atoms with Crippen molar-refractivity contribution in [1.82, 2.24) is 9.88 Å². The molecular weight excluding hydrogens is 367 g/mol. The summed E-state index contributed by atoms with van der Waals surface area (Å²) < 4.78 is 0.557. The molecule has 8 heteroatoms. The highest BCUT2D eigenvalue weighted by molar-refractivity contribution is 7.19. The van der Waals surface area contributed by atoms with Crippen LogP contribution in [0, 0.1) is 6.92 Å². The quantitative estimate of drug-likeness (QED) is 0.793. The molecule has 1 saturated heterocycles. The average Bonchev–Trinajstić information content (AvgIpc) is 2.96. The first-order valence-corrected chi connectivity index (χ1v) is 9.28. The minimum atomic E-state index is -0.139. The normalized spacial score (nSPS) is 17.6. The van der Waals surface area contributed by atoms with E-state index < -0.39 is 0 Å². The first-order chi connectivity index (χ1) is 11.5. The van der Waals surface area contributed by atoms with E-state index in [2.05, 4.69) is 15.6 Å². The molecular formula is C16H18Cl2N4OS. The van der Waals surface area contributed by atoms with E-state index in [1.807, 2.05) is 25.1 Å². The van der Waals surface area contributed by atoms with Gasteiger partial charge in [-0.2, -0.15) is 0 Å². The van der Waals surface area contributed by atoms with Gasteiger partial charge in [-0.05, 0) is 43.5 Å². The number of hydrogen-bond donors (Lipinski definition) is 2. The molecule has 1 fully saturated rings. The fraction of sp³-hybridized carbons (Fsp3) is 0.375. The Labute approximate surface area is 155 Å². The Hall–Kier alpha value is -1.50. The lowest BCUT2D eigenvalue weighted by Crippen LogP contribution is -2.46. The van der Waals surface area contributed by atoms with Gasteiger partial charge in [-0.3, -0.25) is 5.32 Å². The van der Waals surface area contributed by atoms with Gasteiger partial charge < -0.3 is 10.2 Å². The molecule has 1 aromatic carbocycles. The van der Waals surface area contributed by atoms with Crippen LogP contribution in [0.2, 0.25) is 9.36 Å². The number of piperidine rings is 1. The Balaban J connectivity index is 1.59. The van der Waals surface area contributed by atoms with Crippen LogP contribution in [0.25, 0.3) is 0 Å². The molecule has 1 aromatic heterocycles. The molecule has 2 amide bonds. The number of rotatable bonds is 3. The summed E-state index contributed by atoms with van der Waals surface area (Å²) >= 11 is 13.2. The van der Waals surface area contributed by atoms with Crippen LogP contribution in [0.5, 0.6) is 0 Å². The van der Waals surface area contributed by atoms with Crippen LogP contribution in [0.3, 0.4) is 0 Å². The maximum atomic E-state index is 12.4. The minimum absolute atomic E-state index is 0.139. The van der Waals surface area contributed by atoms with Crippen LogP contribution in [0.15, 0.2) is 24.4 Å². The van der Waals surface area contributed by atoms with Gasteiger partial charge in [-0.1, -0.05) is 34.5 Å². The van der Waals surface area contributed by atoms with Crippen molar-refractivity contribution in [2.45, 2.75) is 25.8 Å². The molecule has 0 radical (unpaired) electrons. The van der Waals surface area contributed by atoms with Crippen LogP contribution in [0.4, 0.5) is 15.6 Å². The van der Waals surface area contributed by atoms with Gasteiger partial charge in [0.1, 0.15) is 4.34 Å². The zero-order valence-electron chi connectivity index (χ0n) is 13.2. The second kappa shape index (κ2) is 7.59. The molecule has 0 spiro atoms. The van der Waals surface area contributed by atoms with Crippen LogP contribution in [0.1, 0.15) is 18.4 Å². The topological polar surface area (TPSA) is 57.3 Å². The van der Waals surface area contributed by atoms with Crippen molar-refractivity contribution in [2.24, 2.45) is 0 Å². The third-order valence-corrected chi connectivity index (χ3v) is 5.38. The zero-order valence-corrected chi connectivity index (χ0v) is 15.5. The SMILES string of the molecule is Cc1cc(N[C@H]2CCCN(C(=O)Nc3ncc(Cl)s3)C2)ccc1Cl. The number of likely N-dealkylation sites (tertiary alicyclic amines) is 1. The number of aromatic nitrogens is 1. The lowest BCUT2D eigenvalue weighted by molar-refractivity contribution is 0.196. The van der Waals surface area contributed by atoms with E-state index in [0.717, 1.165) is 35.7 Å². The highest BCUT2D eigenvalue weighted by Crippen LogP contribution is 2.24. The highest BCUT2D eigenvalue weighted by Gasteiger charge is 2.24. The molecule has 1 aliphatic rings. The van der Waals surface area contributed by atoms with Crippen LogP contribution in [-0.2, 0) is 0 Å². The lowest BCUT2D eigenvalue weighted by atomic mass is 10.1. The Morgan fingerprint density at radius 2 is 2.25 bits per heavy atom. The van der Waals surface area contributed by atoms with Crippen molar-refractivity contribution < 1.29 is 4.79 Å². The number of carbonyl (C=O) groups is 1. The van der Waals surface area contributed by atoms with E-state index in [-0.39, 0.29) is 12.1 Å². The van der Waals surface area contributed by atoms with Gasteiger partial charge in [0.05, 0.1) is 6.20 Å². The van der Waals surface area contributed by atoms with Crippen LogP contribution in [-0.4, -0.2) is 35.0 Å². The van der Waals surface area contributed by atoms with E-state index in [0.29, 0.717) is 16.0 Å². The number of carbonyl (C=O) groups excluding carboxylic acids is 1. The average molecular weight is 385 g/mol. The summed E-state index contributed by atoms with van der Waals surface area (Å²) in [6.07, 6.45) is 3.51. The van der Waals surface area contributed by atoms with Gasteiger partial charge in [0.2, 0.25) is 0 Å². The molecule has 1 atom stereocenters. The van der Waals surface area contributed by atoms with Crippen molar-refractivity contribution in [2.75, 3.05) is 23.7 Å². The van der Waals surface area contributed by atoms with Crippen molar-refractivity contribution in [1.29, 1.82) is 0 Å². The van der Waals surface area contributed by atoms with Crippen molar-refractivity contribution in [3.8, 4) is 0 Å². The van der Waals surface area contributed by atoms with Gasteiger partial charge in [-0.15, -0.1) is 0 Å². The molecule has 2 N–H and O–H groups in total. The van der Waals surface area contributed by atoms with Crippen molar-refractivity contribution >= 4 is 51.4 Å². The predicted octanol–water partition coefficient (Wildman–Crippen LogP) is 4.87. The maximum absolute atomic E-state index is 12.4. The standard InChI is InChI=1S/C16H18Cl2N4OS/c1-10-7-11(4-5-13(10)17)20-12-3-2-6-22(9-12)16(23)21-15-19-8-14(18)24-15/h4-5,7-8,12,20H,2-3,6,9H2,1H3,(H,19,21,23)/t12-/m0/s1. The molecule has 0 unspecified atom stereocenters. The number of thiazole rings is 1. The predicted molar refractivity (Wildman–Crippen MR) is 101 cm³/mol. The fourth-order valence-corrected chi connectivity index (χ4v) is 3.65. The Kier molecular flexibility index (Phi) is 5.48. The third kappa shape index (κ3) is 4.32. The smallest absolute Gasteiger partial charge is 0.323 e. The van der Waals surface area contributed by atoms with E-state index in [4.69, 9.17) is 23.2 Å². The van der Waals surface area contributed by atoms with Gasteiger partial charge >= 0.3 is 6.03 Å². The van der Waals surface area contributed by atoms with E-state index in [1.54, 1.807) is 4.90 Å². The summed E-state index contributed by atoms with van der Waals surface area (Å²) in [5, 5.41) is 7.56.